The van der Waals surface area contributed by atoms with Crippen LogP contribution in [-0.4, -0.2) is 37.8 Å². The first-order valence-electron chi connectivity index (χ1n) is 9.81. The van der Waals surface area contributed by atoms with Crippen LogP contribution < -0.4 is 4.90 Å². The molecular weight excluding hydrogens is 476 g/mol. The average Bonchev–Trinajstić information content (AvgIpc) is 3.57. The summed E-state index contributed by atoms with van der Waals surface area (Å²) in [4.78, 5) is 14.0. The van der Waals surface area contributed by atoms with Crippen LogP contribution in [0.4, 0.5) is 5.00 Å². The maximum atomic E-state index is 9.49. The quantitative estimate of drug-likeness (QED) is 0.439. The van der Waals surface area contributed by atoms with Crippen molar-refractivity contribution in [1.82, 2.24) is 24.7 Å². The van der Waals surface area contributed by atoms with E-state index in [4.69, 9.17) is 0 Å². The lowest BCUT2D eigenvalue weighted by molar-refractivity contribution is 0.332. The number of fused-ring (bicyclic) bond motifs is 1. The molecule has 0 spiro atoms. The van der Waals surface area contributed by atoms with Crippen LogP contribution >= 0.6 is 27.3 Å². The third-order valence-corrected chi connectivity index (χ3v) is 7.73. The van der Waals surface area contributed by atoms with Crippen LogP contribution in [0, 0.1) is 28.6 Å². The predicted molar refractivity (Wildman–Crippen MR) is 121 cm³/mol. The highest BCUT2D eigenvalue weighted by atomic mass is 79.9. The zero-order valence-electron chi connectivity index (χ0n) is 16.4. The SMILES string of the molecule is N#CCC(C1CCN(c2scc(Br)c2C#N)C1)n1cc(-c2ncnc3[nH]ccc23)cn1. The Labute approximate surface area is 190 Å². The molecular formula is C21H17BrN8S. The lowest BCUT2D eigenvalue weighted by Gasteiger charge is -2.23. The first kappa shape index (κ1) is 19.7. The van der Waals surface area contributed by atoms with E-state index in [9.17, 15) is 10.5 Å². The molecule has 31 heavy (non-hydrogen) atoms. The van der Waals surface area contributed by atoms with Gasteiger partial charge in [-0.3, -0.25) is 4.68 Å². The van der Waals surface area contributed by atoms with Crippen molar-refractivity contribution in [3.63, 3.8) is 0 Å². The molecule has 2 unspecified atom stereocenters. The molecule has 4 aromatic rings. The van der Waals surface area contributed by atoms with Gasteiger partial charge in [0.2, 0.25) is 0 Å². The number of hydrogen-bond acceptors (Lipinski definition) is 7. The molecule has 0 radical (unpaired) electrons. The average molecular weight is 493 g/mol. The fraction of sp³-hybridized carbons (Fsp3) is 0.286. The maximum absolute atomic E-state index is 9.49. The van der Waals surface area contributed by atoms with Gasteiger partial charge in [-0.2, -0.15) is 15.6 Å². The Morgan fingerprint density at radius 3 is 3.10 bits per heavy atom. The van der Waals surface area contributed by atoms with Crippen LogP contribution in [0.3, 0.4) is 0 Å². The van der Waals surface area contributed by atoms with Crippen LogP contribution in [0.25, 0.3) is 22.3 Å². The molecule has 5 heterocycles. The summed E-state index contributed by atoms with van der Waals surface area (Å²) >= 11 is 5.04. The van der Waals surface area contributed by atoms with Gasteiger partial charge in [0.25, 0.3) is 0 Å². The van der Waals surface area contributed by atoms with Crippen LogP contribution in [0.5, 0.6) is 0 Å². The molecule has 1 fully saturated rings. The zero-order chi connectivity index (χ0) is 21.4. The van der Waals surface area contributed by atoms with Crippen molar-refractivity contribution in [2.45, 2.75) is 18.9 Å². The van der Waals surface area contributed by atoms with E-state index in [1.807, 2.05) is 28.5 Å². The number of nitrogens with zero attached hydrogens (tertiary/aromatic N) is 7. The number of nitrogens with one attached hydrogen (secondary N) is 1. The highest BCUT2D eigenvalue weighted by Gasteiger charge is 2.33. The van der Waals surface area contributed by atoms with E-state index in [2.05, 4.69) is 53.0 Å². The van der Waals surface area contributed by atoms with Gasteiger partial charge < -0.3 is 9.88 Å². The molecule has 4 aromatic heterocycles. The molecule has 0 amide bonds. The zero-order valence-corrected chi connectivity index (χ0v) is 18.8. The number of hydrogen-bond donors (Lipinski definition) is 1. The standard InChI is InChI=1S/C21H17BrN8S/c22-17-11-31-21(16(17)7-24)29-6-3-13(9-29)18(1-4-23)30-10-14(8-28-30)19-15-2-5-25-20(15)27-12-26-19/h2,5,8,10-13,18H,1,3,6,9H2,(H,25,26,27). The molecule has 1 aliphatic rings. The topological polar surface area (TPSA) is 110 Å². The van der Waals surface area contributed by atoms with Crippen molar-refractivity contribution in [3.05, 3.63) is 46.4 Å². The third-order valence-electron chi connectivity index (χ3n) is 5.76. The summed E-state index contributed by atoms with van der Waals surface area (Å²) < 4.78 is 2.74. The van der Waals surface area contributed by atoms with Crippen LogP contribution in [0.15, 0.2) is 40.8 Å². The third kappa shape index (κ3) is 3.48. The molecule has 0 bridgehead atoms. The Hall–Kier alpha value is -3.21. The molecule has 8 nitrogen and oxygen atoms in total. The van der Waals surface area contributed by atoms with Gasteiger partial charge in [0.15, 0.2) is 0 Å². The molecule has 0 aliphatic carbocycles. The van der Waals surface area contributed by atoms with Crippen molar-refractivity contribution < 1.29 is 0 Å². The molecule has 1 N–H and O–H groups in total. The number of anilines is 1. The number of aromatic nitrogens is 5. The lowest BCUT2D eigenvalue weighted by Crippen LogP contribution is -2.25. The summed E-state index contributed by atoms with van der Waals surface area (Å²) in [7, 11) is 0. The molecule has 154 valence electrons. The van der Waals surface area contributed by atoms with E-state index in [0.717, 1.165) is 51.3 Å². The molecule has 5 rings (SSSR count). The van der Waals surface area contributed by atoms with Gasteiger partial charge in [0.1, 0.15) is 28.6 Å². The van der Waals surface area contributed by atoms with E-state index in [1.165, 1.54) is 0 Å². The second-order valence-corrected chi connectivity index (χ2v) is 9.18. The van der Waals surface area contributed by atoms with Crippen molar-refractivity contribution in [2.75, 3.05) is 18.0 Å². The van der Waals surface area contributed by atoms with Gasteiger partial charge in [-0.15, -0.1) is 11.3 Å². The van der Waals surface area contributed by atoms with Gasteiger partial charge in [-0.1, -0.05) is 0 Å². The monoisotopic (exact) mass is 492 g/mol. The lowest BCUT2D eigenvalue weighted by atomic mass is 9.96. The van der Waals surface area contributed by atoms with E-state index < -0.39 is 0 Å². The van der Waals surface area contributed by atoms with Gasteiger partial charge >= 0.3 is 0 Å². The second kappa shape index (κ2) is 8.14. The van der Waals surface area contributed by atoms with Gasteiger partial charge in [-0.25, -0.2) is 9.97 Å². The summed E-state index contributed by atoms with van der Waals surface area (Å²) in [5.41, 5.74) is 3.19. The maximum Gasteiger partial charge on any atom is 0.141 e. The number of aromatic amines is 1. The smallest absolute Gasteiger partial charge is 0.141 e. The Balaban J connectivity index is 1.42. The number of thiophene rings is 1. The van der Waals surface area contributed by atoms with E-state index in [-0.39, 0.29) is 12.0 Å². The number of nitriles is 2. The molecule has 0 saturated carbocycles. The minimum atomic E-state index is -0.0405. The minimum absolute atomic E-state index is 0.0405. The highest BCUT2D eigenvalue weighted by Crippen LogP contribution is 2.40. The number of H-pyrrole nitrogens is 1. The van der Waals surface area contributed by atoms with Crippen LogP contribution in [-0.2, 0) is 0 Å². The van der Waals surface area contributed by atoms with Crippen molar-refractivity contribution in [3.8, 4) is 23.4 Å². The predicted octanol–water partition coefficient (Wildman–Crippen LogP) is 4.50. The van der Waals surface area contributed by atoms with E-state index >= 15 is 0 Å². The largest absolute Gasteiger partial charge is 0.362 e. The first-order chi connectivity index (χ1) is 15.2. The van der Waals surface area contributed by atoms with Gasteiger partial charge in [0.05, 0.1) is 30.4 Å². The van der Waals surface area contributed by atoms with Gasteiger partial charge in [0, 0.05) is 52.2 Å². The molecule has 0 aromatic carbocycles. The van der Waals surface area contributed by atoms with E-state index in [0.29, 0.717) is 12.0 Å². The summed E-state index contributed by atoms with van der Waals surface area (Å²) in [6, 6.07) is 6.54. The number of halogens is 1. The normalized spacial score (nSPS) is 17.0. The van der Waals surface area contributed by atoms with E-state index in [1.54, 1.807) is 23.9 Å². The second-order valence-electron chi connectivity index (χ2n) is 7.47. The first-order valence-corrected chi connectivity index (χ1v) is 11.5. The molecule has 1 aliphatic heterocycles. The van der Waals surface area contributed by atoms with Crippen molar-refractivity contribution in [1.29, 1.82) is 10.5 Å². The number of rotatable bonds is 5. The van der Waals surface area contributed by atoms with Crippen LogP contribution in [0.2, 0.25) is 0 Å². The molecule has 10 heteroatoms. The summed E-state index contributed by atoms with van der Waals surface area (Å²) in [5, 5.41) is 27.5. The molecule has 2 atom stereocenters. The summed E-state index contributed by atoms with van der Waals surface area (Å²) in [6.45, 7) is 1.65. The van der Waals surface area contributed by atoms with Crippen LogP contribution in [0.1, 0.15) is 24.4 Å². The molecule has 1 saturated heterocycles. The fourth-order valence-electron chi connectivity index (χ4n) is 4.26. The van der Waals surface area contributed by atoms with Crippen molar-refractivity contribution >= 4 is 43.3 Å². The highest BCUT2D eigenvalue weighted by molar-refractivity contribution is 9.10. The Bertz CT molecular complexity index is 1320. The Kier molecular flexibility index (Phi) is 5.18. The summed E-state index contributed by atoms with van der Waals surface area (Å²) in [6.07, 6.45) is 8.48. The van der Waals surface area contributed by atoms with Gasteiger partial charge in [-0.05, 0) is 28.4 Å². The fourth-order valence-corrected chi connectivity index (χ4v) is 5.87. The Morgan fingerprint density at radius 1 is 1.35 bits per heavy atom. The van der Waals surface area contributed by atoms with Crippen molar-refractivity contribution in [2.24, 2.45) is 5.92 Å². The Morgan fingerprint density at radius 2 is 2.26 bits per heavy atom. The minimum Gasteiger partial charge on any atom is -0.362 e. The summed E-state index contributed by atoms with van der Waals surface area (Å²) in [5.74, 6) is 0.262.